The topological polar surface area (TPSA) is 75.8 Å². The lowest BCUT2D eigenvalue weighted by atomic mass is 10.1. The van der Waals surface area contributed by atoms with Crippen LogP contribution in [0.25, 0.3) is 6.08 Å². The summed E-state index contributed by atoms with van der Waals surface area (Å²) < 4.78 is 0. The summed E-state index contributed by atoms with van der Waals surface area (Å²) in [5.74, 6) is 4.38. The van der Waals surface area contributed by atoms with Crippen molar-refractivity contribution in [2.75, 3.05) is 4.90 Å². The van der Waals surface area contributed by atoms with Crippen molar-refractivity contribution in [3.8, 4) is 0 Å². The van der Waals surface area contributed by atoms with E-state index in [1.54, 1.807) is 30.3 Å². The number of hydrogen-bond acceptors (Lipinski definition) is 4. The van der Waals surface area contributed by atoms with Gasteiger partial charge in [-0.25, -0.2) is 4.90 Å². The molecule has 2 amide bonds. The van der Waals surface area contributed by atoms with E-state index in [0.717, 1.165) is 10.5 Å². The number of benzene rings is 2. The van der Waals surface area contributed by atoms with Crippen LogP contribution in [0.1, 0.15) is 5.56 Å². The molecule has 0 aromatic heterocycles. The van der Waals surface area contributed by atoms with E-state index in [2.05, 4.69) is 5.10 Å². The molecule has 5 heteroatoms. The van der Waals surface area contributed by atoms with Crippen molar-refractivity contribution in [1.82, 2.24) is 0 Å². The number of rotatable bonds is 2. The molecule has 0 unspecified atom stereocenters. The zero-order chi connectivity index (χ0) is 15.5. The maximum atomic E-state index is 12.6. The summed E-state index contributed by atoms with van der Waals surface area (Å²) in [5.41, 5.74) is 1.46. The van der Waals surface area contributed by atoms with Gasteiger partial charge in [-0.1, -0.05) is 48.5 Å². The minimum Gasteiger partial charge on any atom is -0.322 e. The van der Waals surface area contributed by atoms with Crippen LogP contribution in [-0.2, 0) is 9.59 Å². The van der Waals surface area contributed by atoms with Crippen LogP contribution < -0.4 is 10.7 Å². The lowest BCUT2D eigenvalue weighted by Gasteiger charge is -2.12. The molecule has 1 aliphatic heterocycles. The molecule has 1 heterocycles. The summed E-state index contributed by atoms with van der Waals surface area (Å²) in [7, 11) is 0. The third kappa shape index (κ3) is 2.29. The van der Waals surface area contributed by atoms with Gasteiger partial charge in [0.2, 0.25) is 0 Å². The van der Waals surface area contributed by atoms with Crippen LogP contribution in [0, 0.1) is 0 Å². The SMILES string of the molecule is N/N=C1\C(=O)N(c2ccccc2)C(=O)\C1=C\c1ccccc1. The van der Waals surface area contributed by atoms with E-state index >= 15 is 0 Å². The largest absolute Gasteiger partial charge is 0.322 e. The molecule has 1 saturated heterocycles. The standard InChI is InChI=1S/C17H13N3O2/c18-19-15-14(11-12-7-3-1-4-8-12)16(21)20(17(15)22)13-9-5-2-6-10-13/h1-11H,18H2/b14-11+,19-15-. The molecule has 0 atom stereocenters. The predicted octanol–water partition coefficient (Wildman–Crippen LogP) is 1.96. The molecular weight excluding hydrogens is 278 g/mol. The highest BCUT2D eigenvalue weighted by atomic mass is 16.2. The smallest absolute Gasteiger partial charge is 0.286 e. The van der Waals surface area contributed by atoms with Gasteiger partial charge in [-0.15, -0.1) is 0 Å². The normalized spacial score (nSPS) is 18.5. The Labute approximate surface area is 127 Å². The molecule has 1 aliphatic rings. The first-order valence-corrected chi connectivity index (χ1v) is 6.71. The number of para-hydroxylation sites is 1. The monoisotopic (exact) mass is 291 g/mol. The summed E-state index contributed by atoms with van der Waals surface area (Å²) in [6, 6.07) is 18.0. The van der Waals surface area contributed by atoms with E-state index in [0.29, 0.717) is 5.69 Å². The van der Waals surface area contributed by atoms with Crippen molar-refractivity contribution in [3.63, 3.8) is 0 Å². The van der Waals surface area contributed by atoms with Crippen molar-refractivity contribution >= 4 is 29.3 Å². The van der Waals surface area contributed by atoms with Gasteiger partial charge in [-0.3, -0.25) is 9.59 Å². The van der Waals surface area contributed by atoms with Gasteiger partial charge in [0.25, 0.3) is 11.8 Å². The number of anilines is 1. The Morgan fingerprint density at radius 1 is 0.864 bits per heavy atom. The van der Waals surface area contributed by atoms with Crippen molar-refractivity contribution in [2.24, 2.45) is 10.9 Å². The number of carbonyl (C=O) groups is 2. The highest BCUT2D eigenvalue weighted by Crippen LogP contribution is 2.25. The third-order valence-corrected chi connectivity index (χ3v) is 3.35. The second-order valence-electron chi connectivity index (χ2n) is 4.73. The fourth-order valence-corrected chi connectivity index (χ4v) is 2.32. The zero-order valence-electron chi connectivity index (χ0n) is 11.6. The minimum atomic E-state index is -0.513. The highest BCUT2D eigenvalue weighted by molar-refractivity contribution is 6.66. The number of nitrogens with zero attached hydrogens (tertiary/aromatic N) is 2. The highest BCUT2D eigenvalue weighted by Gasteiger charge is 2.41. The molecule has 3 rings (SSSR count). The van der Waals surface area contributed by atoms with Gasteiger partial charge in [0, 0.05) is 0 Å². The Bertz CT molecular complexity index is 780. The molecule has 0 spiro atoms. The molecule has 22 heavy (non-hydrogen) atoms. The van der Waals surface area contributed by atoms with Crippen LogP contribution in [0.15, 0.2) is 71.3 Å². The Balaban J connectivity index is 2.07. The van der Waals surface area contributed by atoms with Crippen LogP contribution in [0.3, 0.4) is 0 Å². The average molecular weight is 291 g/mol. The van der Waals surface area contributed by atoms with Crippen molar-refractivity contribution in [1.29, 1.82) is 0 Å². The van der Waals surface area contributed by atoms with Gasteiger partial charge in [0.05, 0.1) is 11.3 Å². The molecule has 0 radical (unpaired) electrons. The van der Waals surface area contributed by atoms with E-state index < -0.39 is 11.8 Å². The van der Waals surface area contributed by atoms with E-state index in [9.17, 15) is 9.59 Å². The van der Waals surface area contributed by atoms with Gasteiger partial charge in [-0.05, 0) is 23.8 Å². The van der Waals surface area contributed by atoms with Crippen molar-refractivity contribution in [3.05, 3.63) is 71.8 Å². The number of carbonyl (C=O) groups excluding carboxylic acids is 2. The molecular formula is C17H13N3O2. The summed E-state index contributed by atoms with van der Waals surface area (Å²) in [6.45, 7) is 0. The number of hydrazone groups is 1. The van der Waals surface area contributed by atoms with Gasteiger partial charge >= 0.3 is 0 Å². The van der Waals surface area contributed by atoms with E-state index in [-0.39, 0.29) is 11.3 Å². The van der Waals surface area contributed by atoms with E-state index in [4.69, 9.17) is 5.84 Å². The van der Waals surface area contributed by atoms with Gasteiger partial charge in [-0.2, -0.15) is 5.10 Å². The summed E-state index contributed by atoms with van der Waals surface area (Å²) >= 11 is 0. The quantitative estimate of drug-likeness (QED) is 0.398. The third-order valence-electron chi connectivity index (χ3n) is 3.35. The van der Waals surface area contributed by atoms with Crippen LogP contribution in [0.4, 0.5) is 5.69 Å². The molecule has 2 aromatic rings. The Morgan fingerprint density at radius 3 is 2.05 bits per heavy atom. The second kappa shape index (κ2) is 5.65. The van der Waals surface area contributed by atoms with Crippen LogP contribution in [0.2, 0.25) is 0 Å². The van der Waals surface area contributed by atoms with Crippen molar-refractivity contribution < 1.29 is 9.59 Å². The molecule has 0 aliphatic carbocycles. The summed E-state index contributed by atoms with van der Waals surface area (Å²) in [6.07, 6.45) is 1.62. The first kappa shape index (κ1) is 13.8. The fourth-order valence-electron chi connectivity index (χ4n) is 2.32. The fraction of sp³-hybridized carbons (Fsp3) is 0. The molecule has 2 aromatic carbocycles. The lowest BCUT2D eigenvalue weighted by Crippen LogP contribution is -2.30. The molecule has 2 N–H and O–H groups in total. The molecule has 5 nitrogen and oxygen atoms in total. The maximum Gasteiger partial charge on any atom is 0.286 e. The van der Waals surface area contributed by atoms with Crippen LogP contribution in [-0.4, -0.2) is 17.5 Å². The Morgan fingerprint density at radius 2 is 1.45 bits per heavy atom. The Kier molecular flexibility index (Phi) is 3.53. The van der Waals surface area contributed by atoms with Crippen LogP contribution in [0.5, 0.6) is 0 Å². The first-order chi connectivity index (χ1) is 10.7. The number of imide groups is 1. The van der Waals surface area contributed by atoms with E-state index in [1.807, 2.05) is 36.4 Å². The average Bonchev–Trinajstić information content (AvgIpc) is 2.79. The lowest BCUT2D eigenvalue weighted by molar-refractivity contribution is -0.119. The summed E-state index contributed by atoms with van der Waals surface area (Å²) in [5, 5.41) is 3.51. The summed E-state index contributed by atoms with van der Waals surface area (Å²) in [4.78, 5) is 26.1. The zero-order valence-corrected chi connectivity index (χ0v) is 11.6. The Hall–Kier alpha value is -3.21. The second-order valence-corrected chi connectivity index (χ2v) is 4.73. The molecule has 108 valence electrons. The molecule has 0 saturated carbocycles. The predicted molar refractivity (Wildman–Crippen MR) is 85.0 cm³/mol. The van der Waals surface area contributed by atoms with E-state index in [1.165, 1.54) is 0 Å². The van der Waals surface area contributed by atoms with Crippen LogP contribution >= 0.6 is 0 Å². The minimum absolute atomic E-state index is 0.0299. The van der Waals surface area contributed by atoms with Crippen molar-refractivity contribution in [2.45, 2.75) is 0 Å². The number of hydrogen-bond donors (Lipinski definition) is 1. The van der Waals surface area contributed by atoms with Gasteiger partial charge in [0.15, 0.2) is 5.71 Å². The maximum absolute atomic E-state index is 12.6. The number of amides is 2. The first-order valence-electron chi connectivity index (χ1n) is 6.71. The van der Waals surface area contributed by atoms with Gasteiger partial charge < -0.3 is 5.84 Å². The molecule has 1 fully saturated rings. The number of nitrogens with two attached hydrogens (primary N) is 1. The van der Waals surface area contributed by atoms with Gasteiger partial charge in [0.1, 0.15) is 0 Å². The molecule has 0 bridgehead atoms.